The molecule has 3 N–H and O–H groups in total. The van der Waals surface area contributed by atoms with Crippen molar-refractivity contribution in [2.24, 2.45) is 0 Å². The zero-order valence-electron chi connectivity index (χ0n) is 7.96. The number of nitrogen functional groups attached to an aromatic ring is 1. The molecule has 0 aliphatic heterocycles. The molecule has 2 heterocycles. The number of halogens is 1. The fraction of sp³-hybridized carbons (Fsp3) is 0. The minimum atomic E-state index is -1.09. The molecule has 0 saturated carbocycles. The van der Waals surface area contributed by atoms with E-state index < -0.39 is 5.97 Å². The van der Waals surface area contributed by atoms with E-state index in [0.717, 1.165) is 4.47 Å². The van der Waals surface area contributed by atoms with Gasteiger partial charge in [-0.2, -0.15) is 5.10 Å². The average molecular weight is 283 g/mol. The topological polar surface area (TPSA) is 94.0 Å². The fourth-order valence-electron chi connectivity index (χ4n) is 1.25. The molecule has 0 radical (unpaired) electrons. The Kier molecular flexibility index (Phi) is 2.61. The largest absolute Gasteiger partial charge is 0.478 e. The smallest absolute Gasteiger partial charge is 0.337 e. The highest BCUT2D eigenvalue weighted by Gasteiger charge is 2.13. The van der Waals surface area contributed by atoms with E-state index >= 15 is 0 Å². The summed E-state index contributed by atoms with van der Waals surface area (Å²) in [5, 5.41) is 12.9. The maximum Gasteiger partial charge on any atom is 0.337 e. The lowest BCUT2D eigenvalue weighted by molar-refractivity contribution is 0.0698. The Labute approximate surface area is 98.8 Å². The Hall–Kier alpha value is -1.89. The molecule has 0 bridgehead atoms. The van der Waals surface area contributed by atoms with Crippen molar-refractivity contribution >= 4 is 27.6 Å². The first-order valence-electron chi connectivity index (χ1n) is 4.28. The van der Waals surface area contributed by atoms with Crippen molar-refractivity contribution in [1.29, 1.82) is 0 Å². The van der Waals surface area contributed by atoms with Gasteiger partial charge in [0.2, 0.25) is 0 Å². The van der Waals surface area contributed by atoms with E-state index in [4.69, 9.17) is 10.8 Å². The Morgan fingerprint density at radius 2 is 2.31 bits per heavy atom. The maximum absolute atomic E-state index is 10.9. The van der Waals surface area contributed by atoms with E-state index in [2.05, 4.69) is 26.0 Å². The van der Waals surface area contributed by atoms with Crippen molar-refractivity contribution in [3.05, 3.63) is 34.7 Å². The molecule has 0 aliphatic rings. The summed E-state index contributed by atoms with van der Waals surface area (Å²) in [4.78, 5) is 14.9. The van der Waals surface area contributed by atoms with Gasteiger partial charge >= 0.3 is 5.97 Å². The van der Waals surface area contributed by atoms with Gasteiger partial charge in [0.1, 0.15) is 0 Å². The van der Waals surface area contributed by atoms with Crippen LogP contribution < -0.4 is 5.73 Å². The van der Waals surface area contributed by atoms with Gasteiger partial charge in [0.25, 0.3) is 0 Å². The highest BCUT2D eigenvalue weighted by Crippen LogP contribution is 2.19. The van der Waals surface area contributed by atoms with Crippen molar-refractivity contribution in [2.45, 2.75) is 0 Å². The van der Waals surface area contributed by atoms with Crippen LogP contribution in [0, 0.1) is 0 Å². The first kappa shape index (κ1) is 10.6. The van der Waals surface area contributed by atoms with Gasteiger partial charge in [-0.3, -0.25) is 0 Å². The van der Waals surface area contributed by atoms with E-state index in [1.807, 2.05) is 0 Å². The van der Waals surface area contributed by atoms with Gasteiger partial charge in [0.15, 0.2) is 5.82 Å². The molecule has 2 aromatic heterocycles. The highest BCUT2D eigenvalue weighted by atomic mass is 79.9. The zero-order chi connectivity index (χ0) is 11.7. The third-order valence-corrected chi connectivity index (χ3v) is 2.38. The first-order valence-corrected chi connectivity index (χ1v) is 5.07. The van der Waals surface area contributed by atoms with Gasteiger partial charge in [-0.15, -0.1) is 0 Å². The molecule has 16 heavy (non-hydrogen) atoms. The Morgan fingerprint density at radius 3 is 2.88 bits per heavy atom. The summed E-state index contributed by atoms with van der Waals surface area (Å²) in [6.45, 7) is 0. The second kappa shape index (κ2) is 3.93. The summed E-state index contributed by atoms with van der Waals surface area (Å²) in [5.41, 5.74) is 5.81. The second-order valence-electron chi connectivity index (χ2n) is 3.00. The monoisotopic (exact) mass is 282 g/mol. The van der Waals surface area contributed by atoms with Crippen LogP contribution in [0.1, 0.15) is 10.4 Å². The number of rotatable bonds is 2. The molecule has 0 unspecified atom stereocenters. The van der Waals surface area contributed by atoms with E-state index in [-0.39, 0.29) is 11.3 Å². The number of aromatic carboxylic acids is 1. The van der Waals surface area contributed by atoms with Crippen LogP contribution in [0.3, 0.4) is 0 Å². The van der Waals surface area contributed by atoms with E-state index in [0.29, 0.717) is 5.82 Å². The summed E-state index contributed by atoms with van der Waals surface area (Å²) < 4.78 is 2.17. The van der Waals surface area contributed by atoms with Crippen LogP contribution in [0.25, 0.3) is 5.82 Å². The second-order valence-corrected chi connectivity index (χ2v) is 3.92. The van der Waals surface area contributed by atoms with E-state index in [1.54, 1.807) is 12.4 Å². The number of pyridine rings is 1. The molecule has 0 amide bonds. The molecule has 2 rings (SSSR count). The minimum Gasteiger partial charge on any atom is -0.478 e. The van der Waals surface area contributed by atoms with Crippen LogP contribution in [0.15, 0.2) is 29.1 Å². The lowest BCUT2D eigenvalue weighted by atomic mass is 10.2. The zero-order valence-corrected chi connectivity index (χ0v) is 9.55. The predicted molar refractivity (Wildman–Crippen MR) is 60.4 cm³/mol. The van der Waals surface area contributed by atoms with Crippen LogP contribution in [-0.4, -0.2) is 25.8 Å². The number of nitrogens with zero attached hydrogens (tertiary/aromatic N) is 3. The number of aromatic nitrogens is 3. The average Bonchev–Trinajstić information content (AvgIpc) is 2.64. The van der Waals surface area contributed by atoms with Crippen molar-refractivity contribution in [2.75, 3.05) is 5.73 Å². The number of anilines is 1. The summed E-state index contributed by atoms with van der Waals surface area (Å²) in [7, 11) is 0. The number of hydrogen-bond donors (Lipinski definition) is 2. The molecule has 0 aliphatic carbocycles. The standard InChI is InChI=1S/C9H7BrN4O2/c10-5-3-13-14(4-5)8-7(11)6(9(15)16)1-2-12-8/h1-4H,11H2,(H,15,16). The third kappa shape index (κ3) is 1.76. The van der Waals surface area contributed by atoms with Gasteiger partial charge in [-0.1, -0.05) is 0 Å². The first-order chi connectivity index (χ1) is 7.59. The molecule has 0 spiro atoms. The van der Waals surface area contributed by atoms with Gasteiger partial charge in [-0.25, -0.2) is 14.5 Å². The summed E-state index contributed by atoms with van der Waals surface area (Å²) in [6, 6.07) is 1.35. The summed E-state index contributed by atoms with van der Waals surface area (Å²) in [5.74, 6) is -0.794. The Bertz CT molecular complexity index is 552. The number of nitrogens with two attached hydrogens (primary N) is 1. The van der Waals surface area contributed by atoms with Crippen molar-refractivity contribution in [3.8, 4) is 5.82 Å². The number of carboxylic acid groups (broad SMARTS) is 1. The quantitative estimate of drug-likeness (QED) is 0.866. The maximum atomic E-state index is 10.9. The minimum absolute atomic E-state index is 0.0108. The molecular formula is C9H7BrN4O2. The van der Waals surface area contributed by atoms with Crippen molar-refractivity contribution < 1.29 is 9.90 Å². The van der Waals surface area contributed by atoms with Crippen molar-refractivity contribution in [1.82, 2.24) is 14.8 Å². The highest BCUT2D eigenvalue weighted by molar-refractivity contribution is 9.10. The molecule has 0 atom stereocenters. The van der Waals surface area contributed by atoms with Gasteiger partial charge in [0.05, 0.1) is 21.9 Å². The lowest BCUT2D eigenvalue weighted by Gasteiger charge is -2.06. The molecule has 0 saturated heterocycles. The Balaban J connectivity index is 2.58. The van der Waals surface area contributed by atoms with Crippen LogP contribution in [0.2, 0.25) is 0 Å². The van der Waals surface area contributed by atoms with Crippen molar-refractivity contribution in [3.63, 3.8) is 0 Å². The van der Waals surface area contributed by atoms with Gasteiger partial charge in [0, 0.05) is 12.4 Å². The molecule has 6 nitrogen and oxygen atoms in total. The molecule has 2 aromatic rings. The van der Waals surface area contributed by atoms with Crippen LogP contribution in [0.4, 0.5) is 5.69 Å². The number of carbonyl (C=O) groups is 1. The van der Waals surface area contributed by atoms with E-state index in [9.17, 15) is 4.79 Å². The normalized spacial score (nSPS) is 10.3. The number of hydrogen-bond acceptors (Lipinski definition) is 4. The van der Waals surface area contributed by atoms with Crippen LogP contribution >= 0.6 is 15.9 Å². The summed E-state index contributed by atoms with van der Waals surface area (Å²) in [6.07, 6.45) is 4.59. The fourth-order valence-corrected chi connectivity index (χ4v) is 1.53. The Morgan fingerprint density at radius 1 is 1.56 bits per heavy atom. The van der Waals surface area contributed by atoms with E-state index in [1.165, 1.54) is 16.9 Å². The molecule has 7 heteroatoms. The van der Waals surface area contributed by atoms with Crippen LogP contribution in [-0.2, 0) is 0 Å². The van der Waals surface area contributed by atoms with Gasteiger partial charge < -0.3 is 10.8 Å². The molecule has 0 fully saturated rings. The lowest BCUT2D eigenvalue weighted by Crippen LogP contribution is -2.09. The summed E-state index contributed by atoms with van der Waals surface area (Å²) >= 11 is 3.23. The third-order valence-electron chi connectivity index (χ3n) is 1.97. The number of carboxylic acids is 1. The molecular weight excluding hydrogens is 276 g/mol. The predicted octanol–water partition coefficient (Wildman–Crippen LogP) is 1.31. The molecule has 82 valence electrons. The SMILES string of the molecule is Nc1c(C(=O)O)ccnc1-n1cc(Br)cn1. The molecule has 0 aromatic carbocycles. The van der Waals surface area contributed by atoms with Gasteiger partial charge in [-0.05, 0) is 22.0 Å². The van der Waals surface area contributed by atoms with Crippen LogP contribution in [0.5, 0.6) is 0 Å².